The molecule has 2 rings (SSSR count). The Morgan fingerprint density at radius 2 is 2.19 bits per heavy atom. The molecule has 2 aromatic rings. The van der Waals surface area contributed by atoms with Crippen LogP contribution in [0.3, 0.4) is 0 Å². The highest BCUT2D eigenvalue weighted by molar-refractivity contribution is 7.09. The molecule has 0 saturated heterocycles. The average Bonchev–Trinajstić information content (AvgIpc) is 2.88. The second-order valence-corrected chi connectivity index (χ2v) is 5.29. The summed E-state index contributed by atoms with van der Waals surface area (Å²) in [5, 5.41) is 2.81. The second-order valence-electron chi connectivity index (χ2n) is 4.35. The molecule has 5 nitrogen and oxygen atoms in total. The van der Waals surface area contributed by atoms with Crippen LogP contribution in [0.2, 0.25) is 0 Å². The molecular formula is C15H18N2O3S. The molecule has 0 amide bonds. The van der Waals surface area contributed by atoms with Crippen LogP contribution in [0.1, 0.15) is 17.6 Å². The third-order valence-corrected chi connectivity index (χ3v) is 3.68. The summed E-state index contributed by atoms with van der Waals surface area (Å²) in [6, 6.07) is 7.39. The van der Waals surface area contributed by atoms with Crippen molar-refractivity contribution in [2.45, 2.75) is 19.8 Å². The molecule has 0 unspecified atom stereocenters. The average molecular weight is 306 g/mol. The van der Waals surface area contributed by atoms with E-state index in [1.54, 1.807) is 13.0 Å². The number of anilines is 1. The third kappa shape index (κ3) is 4.75. The molecule has 0 aliphatic rings. The quantitative estimate of drug-likeness (QED) is 0.628. The fourth-order valence-electron chi connectivity index (χ4n) is 1.77. The number of nitrogens with two attached hydrogens (primary N) is 1. The molecule has 0 saturated carbocycles. The topological polar surface area (TPSA) is 74.4 Å². The maximum atomic E-state index is 11.4. The van der Waals surface area contributed by atoms with Gasteiger partial charge in [0.25, 0.3) is 0 Å². The first kappa shape index (κ1) is 15.3. The van der Waals surface area contributed by atoms with Crippen molar-refractivity contribution in [1.29, 1.82) is 0 Å². The molecule has 0 atom stereocenters. The van der Waals surface area contributed by atoms with Gasteiger partial charge in [-0.2, -0.15) is 0 Å². The van der Waals surface area contributed by atoms with Crippen molar-refractivity contribution in [2.75, 3.05) is 18.9 Å². The number of esters is 1. The molecule has 6 heteroatoms. The summed E-state index contributed by atoms with van der Waals surface area (Å²) in [4.78, 5) is 15.8. The Kier molecular flexibility index (Phi) is 5.57. The zero-order valence-electron chi connectivity index (χ0n) is 11.9. The first-order valence-electron chi connectivity index (χ1n) is 6.75. The number of nitrogens with zero attached hydrogens (tertiary/aromatic N) is 1. The Balaban J connectivity index is 1.80. The number of hydrogen-bond acceptors (Lipinski definition) is 6. The van der Waals surface area contributed by atoms with Gasteiger partial charge in [0.1, 0.15) is 5.75 Å². The van der Waals surface area contributed by atoms with Gasteiger partial charge in [0.2, 0.25) is 0 Å². The van der Waals surface area contributed by atoms with Gasteiger partial charge in [-0.05, 0) is 19.1 Å². The number of rotatable bonds is 7. The summed E-state index contributed by atoms with van der Waals surface area (Å²) in [6.45, 7) is 2.68. The van der Waals surface area contributed by atoms with E-state index in [9.17, 15) is 4.79 Å². The molecule has 1 heterocycles. The Labute approximate surface area is 127 Å². The Hall–Kier alpha value is -2.08. The van der Waals surface area contributed by atoms with Gasteiger partial charge >= 0.3 is 5.97 Å². The fraction of sp³-hybridized carbons (Fsp3) is 0.333. The van der Waals surface area contributed by atoms with Gasteiger partial charge in [-0.3, -0.25) is 4.79 Å². The van der Waals surface area contributed by atoms with E-state index < -0.39 is 0 Å². The summed E-state index contributed by atoms with van der Waals surface area (Å²) >= 11 is 1.52. The van der Waals surface area contributed by atoms with E-state index >= 15 is 0 Å². The molecule has 0 bridgehead atoms. The van der Waals surface area contributed by atoms with Gasteiger partial charge in [-0.25, -0.2) is 4.98 Å². The molecule has 0 radical (unpaired) electrons. The van der Waals surface area contributed by atoms with Gasteiger partial charge < -0.3 is 15.2 Å². The Morgan fingerprint density at radius 1 is 1.38 bits per heavy atom. The summed E-state index contributed by atoms with van der Waals surface area (Å²) in [5.41, 5.74) is 7.17. The highest BCUT2D eigenvalue weighted by Crippen LogP contribution is 2.20. The van der Waals surface area contributed by atoms with Crippen LogP contribution in [-0.4, -0.2) is 24.2 Å². The number of benzene rings is 1. The minimum absolute atomic E-state index is 0.219. The van der Waals surface area contributed by atoms with E-state index in [0.29, 0.717) is 31.1 Å². The maximum absolute atomic E-state index is 11.4. The second kappa shape index (κ2) is 7.64. The van der Waals surface area contributed by atoms with Gasteiger partial charge in [-0.1, -0.05) is 12.1 Å². The summed E-state index contributed by atoms with van der Waals surface area (Å²) in [7, 11) is 0. The molecule has 0 fully saturated rings. The van der Waals surface area contributed by atoms with E-state index in [1.165, 1.54) is 11.3 Å². The van der Waals surface area contributed by atoms with E-state index in [2.05, 4.69) is 4.98 Å². The fourth-order valence-corrected chi connectivity index (χ4v) is 2.54. The van der Waals surface area contributed by atoms with Gasteiger partial charge in [0.15, 0.2) is 0 Å². The van der Waals surface area contributed by atoms with E-state index in [-0.39, 0.29) is 12.4 Å². The first-order valence-corrected chi connectivity index (χ1v) is 7.63. The van der Waals surface area contributed by atoms with Crippen molar-refractivity contribution in [1.82, 2.24) is 4.98 Å². The molecule has 21 heavy (non-hydrogen) atoms. The highest BCUT2D eigenvalue weighted by Gasteiger charge is 2.08. The van der Waals surface area contributed by atoms with Gasteiger partial charge in [-0.15, -0.1) is 11.3 Å². The minimum Gasteiger partial charge on any atom is -0.491 e. The van der Waals surface area contributed by atoms with Crippen LogP contribution in [-0.2, 0) is 22.4 Å². The molecule has 1 aromatic heterocycles. The Morgan fingerprint density at radius 3 is 2.95 bits per heavy atom. The zero-order chi connectivity index (χ0) is 15.1. The largest absolute Gasteiger partial charge is 0.491 e. The minimum atomic E-state index is -0.248. The predicted molar refractivity (Wildman–Crippen MR) is 82.5 cm³/mol. The van der Waals surface area contributed by atoms with Crippen molar-refractivity contribution < 1.29 is 14.3 Å². The van der Waals surface area contributed by atoms with Crippen LogP contribution in [0.25, 0.3) is 0 Å². The van der Waals surface area contributed by atoms with Crippen LogP contribution in [0, 0.1) is 0 Å². The van der Waals surface area contributed by atoms with E-state index in [1.807, 2.05) is 23.6 Å². The van der Waals surface area contributed by atoms with Crippen LogP contribution in [0.5, 0.6) is 5.75 Å². The number of hydrogen-bond donors (Lipinski definition) is 1. The smallest absolute Gasteiger partial charge is 0.311 e. The summed E-state index contributed by atoms with van der Waals surface area (Å²) in [5.74, 6) is 0.434. The number of aromatic nitrogens is 1. The molecular weight excluding hydrogens is 288 g/mol. The lowest BCUT2D eigenvalue weighted by molar-refractivity contribution is -0.142. The van der Waals surface area contributed by atoms with Crippen LogP contribution in [0.15, 0.2) is 29.6 Å². The van der Waals surface area contributed by atoms with E-state index in [0.717, 1.165) is 10.7 Å². The number of thiazole rings is 1. The first-order chi connectivity index (χ1) is 10.2. The molecule has 2 N–H and O–H groups in total. The number of carbonyl (C=O) groups excluding carboxylic acids is 1. The van der Waals surface area contributed by atoms with Crippen molar-refractivity contribution in [3.05, 3.63) is 40.3 Å². The highest BCUT2D eigenvalue weighted by atomic mass is 32.1. The SMILES string of the molecule is CCOC(=O)Cc1csc(CCOc2ccccc2N)n1. The molecule has 0 spiro atoms. The van der Waals surface area contributed by atoms with Crippen LogP contribution >= 0.6 is 11.3 Å². The van der Waals surface area contributed by atoms with Crippen molar-refractivity contribution in [2.24, 2.45) is 0 Å². The Bertz CT molecular complexity index is 598. The number of carbonyl (C=O) groups is 1. The lowest BCUT2D eigenvalue weighted by atomic mass is 10.3. The molecule has 0 aliphatic heterocycles. The summed E-state index contributed by atoms with van der Waals surface area (Å²) in [6.07, 6.45) is 0.901. The standard InChI is InChI=1S/C15H18N2O3S/c1-2-19-15(18)9-11-10-21-14(17-11)7-8-20-13-6-4-3-5-12(13)16/h3-6,10H,2,7-9,16H2,1H3. The predicted octanol–water partition coefficient (Wildman–Crippen LogP) is 2.45. The molecule has 112 valence electrons. The van der Waals surface area contributed by atoms with Crippen molar-refractivity contribution in [3.8, 4) is 5.75 Å². The molecule has 1 aromatic carbocycles. The number of nitrogen functional groups attached to an aromatic ring is 1. The number of ether oxygens (including phenoxy) is 2. The summed E-state index contributed by atoms with van der Waals surface area (Å²) < 4.78 is 10.5. The zero-order valence-corrected chi connectivity index (χ0v) is 12.7. The lowest BCUT2D eigenvalue weighted by Crippen LogP contribution is -2.08. The number of para-hydroxylation sites is 2. The lowest BCUT2D eigenvalue weighted by Gasteiger charge is -2.07. The van der Waals surface area contributed by atoms with Gasteiger partial charge in [0, 0.05) is 11.8 Å². The third-order valence-electron chi connectivity index (χ3n) is 2.72. The normalized spacial score (nSPS) is 10.3. The molecule has 0 aliphatic carbocycles. The van der Waals surface area contributed by atoms with Crippen LogP contribution < -0.4 is 10.5 Å². The monoisotopic (exact) mass is 306 g/mol. The maximum Gasteiger partial charge on any atom is 0.311 e. The van der Waals surface area contributed by atoms with Gasteiger partial charge in [0.05, 0.1) is 36.0 Å². The van der Waals surface area contributed by atoms with Crippen molar-refractivity contribution in [3.63, 3.8) is 0 Å². The van der Waals surface area contributed by atoms with Crippen LogP contribution in [0.4, 0.5) is 5.69 Å². The van der Waals surface area contributed by atoms with Crippen molar-refractivity contribution >= 4 is 23.0 Å². The van der Waals surface area contributed by atoms with E-state index in [4.69, 9.17) is 15.2 Å².